The van der Waals surface area contributed by atoms with E-state index >= 15 is 0 Å². The highest BCUT2D eigenvalue weighted by molar-refractivity contribution is 6.27. The quantitative estimate of drug-likeness (QED) is 0.759. The minimum atomic E-state index is -0.0279. The largest absolute Gasteiger partial charge is 0.378 e. The molecule has 94 valence electrons. The summed E-state index contributed by atoms with van der Waals surface area (Å²) < 4.78 is 6.99. The van der Waals surface area contributed by atoms with Gasteiger partial charge in [0.15, 0.2) is 0 Å². The van der Waals surface area contributed by atoms with Gasteiger partial charge in [0, 0.05) is 13.2 Å². The summed E-state index contributed by atoms with van der Waals surface area (Å²) >= 11 is 5.60. The predicted molar refractivity (Wildman–Crippen MR) is 63.7 cm³/mol. The number of alkyl halides is 1. The molecule has 0 unspecified atom stereocenters. The maximum Gasteiger partial charge on any atom is 0.238 e. The topological polar surface area (TPSA) is 47.4 Å². The van der Waals surface area contributed by atoms with Gasteiger partial charge in [-0.3, -0.25) is 9.48 Å². The predicted octanol–water partition coefficient (Wildman–Crippen LogP) is 0.999. The minimum absolute atomic E-state index is 0.0279. The van der Waals surface area contributed by atoms with Crippen LogP contribution in [0.15, 0.2) is 6.07 Å². The first kappa shape index (κ1) is 12.4. The van der Waals surface area contributed by atoms with Crippen molar-refractivity contribution in [1.29, 1.82) is 0 Å². The highest BCUT2D eigenvalue weighted by Crippen LogP contribution is 2.19. The summed E-state index contributed by atoms with van der Waals surface area (Å²) in [5, 5.41) is 4.43. The lowest BCUT2D eigenvalue weighted by Gasteiger charge is -2.33. The van der Waals surface area contributed by atoms with E-state index in [1.165, 1.54) is 0 Å². The molecule has 0 saturated carbocycles. The van der Waals surface area contributed by atoms with Gasteiger partial charge in [0.05, 0.1) is 31.1 Å². The van der Waals surface area contributed by atoms with Crippen LogP contribution in [0.25, 0.3) is 0 Å². The highest BCUT2D eigenvalue weighted by Gasteiger charge is 2.27. The molecule has 2 rings (SSSR count). The maximum absolute atomic E-state index is 11.7. The Hall–Kier alpha value is -1.07. The molecule has 0 aromatic carbocycles. The van der Waals surface area contributed by atoms with E-state index in [-0.39, 0.29) is 17.8 Å². The summed E-state index contributed by atoms with van der Waals surface area (Å²) in [5.41, 5.74) is 1.93. The molecule has 0 radical (unpaired) electrons. The minimum Gasteiger partial charge on any atom is -0.378 e. The van der Waals surface area contributed by atoms with Crippen molar-refractivity contribution in [3.05, 3.63) is 17.5 Å². The van der Waals surface area contributed by atoms with Crippen molar-refractivity contribution < 1.29 is 9.53 Å². The number of hydrogen-bond donors (Lipinski definition) is 0. The number of rotatable bonds is 3. The first-order valence-electron chi connectivity index (χ1n) is 5.55. The summed E-state index contributed by atoms with van der Waals surface area (Å²) in [6, 6.07) is 2.10. The van der Waals surface area contributed by atoms with Crippen molar-refractivity contribution in [1.82, 2.24) is 14.7 Å². The molecule has 1 aliphatic rings. The summed E-state index contributed by atoms with van der Waals surface area (Å²) in [6.45, 7) is 3.79. The van der Waals surface area contributed by atoms with Gasteiger partial charge in [-0.15, -0.1) is 11.6 Å². The van der Waals surface area contributed by atoms with Crippen LogP contribution in [0.3, 0.4) is 0 Å². The normalized spacial score (nSPS) is 19.2. The molecular weight excluding hydrogens is 242 g/mol. The molecule has 5 nitrogen and oxygen atoms in total. The summed E-state index contributed by atoms with van der Waals surface area (Å²) in [5.74, 6) is 0.00329. The van der Waals surface area contributed by atoms with E-state index in [1.807, 2.05) is 17.7 Å². The van der Waals surface area contributed by atoms with Crippen LogP contribution in [0.4, 0.5) is 0 Å². The van der Waals surface area contributed by atoms with Gasteiger partial charge in [-0.1, -0.05) is 0 Å². The second-order valence-corrected chi connectivity index (χ2v) is 4.51. The summed E-state index contributed by atoms with van der Waals surface area (Å²) in [6.07, 6.45) is 0. The number of aromatic nitrogens is 2. The third-order valence-electron chi connectivity index (χ3n) is 2.94. The molecule has 0 aliphatic carbocycles. The Morgan fingerprint density at radius 2 is 2.47 bits per heavy atom. The van der Waals surface area contributed by atoms with Crippen molar-refractivity contribution in [3.63, 3.8) is 0 Å². The van der Waals surface area contributed by atoms with Gasteiger partial charge in [0.25, 0.3) is 0 Å². The van der Waals surface area contributed by atoms with Gasteiger partial charge in [-0.2, -0.15) is 5.10 Å². The van der Waals surface area contributed by atoms with E-state index in [4.69, 9.17) is 16.3 Å². The second-order valence-electron chi connectivity index (χ2n) is 4.25. The number of ether oxygens (including phenoxy) is 1. The molecule has 0 spiro atoms. The zero-order valence-electron chi connectivity index (χ0n) is 10.0. The van der Waals surface area contributed by atoms with Crippen LogP contribution >= 0.6 is 11.6 Å². The molecule has 0 bridgehead atoms. The number of methoxy groups -OCH3 is 1. The van der Waals surface area contributed by atoms with Gasteiger partial charge >= 0.3 is 0 Å². The average molecular weight is 258 g/mol. The van der Waals surface area contributed by atoms with Gasteiger partial charge in [0.2, 0.25) is 5.91 Å². The van der Waals surface area contributed by atoms with Gasteiger partial charge in [-0.05, 0) is 13.0 Å². The lowest BCUT2D eigenvalue weighted by atomic mass is 10.2. The number of amides is 1. The number of carbonyl (C=O) groups is 1. The molecule has 1 aromatic rings. The van der Waals surface area contributed by atoms with Crippen molar-refractivity contribution in [2.24, 2.45) is 0 Å². The van der Waals surface area contributed by atoms with Crippen LogP contribution in [0.2, 0.25) is 0 Å². The molecule has 0 saturated heterocycles. The second kappa shape index (κ2) is 5.06. The average Bonchev–Trinajstić information content (AvgIpc) is 2.69. The zero-order valence-corrected chi connectivity index (χ0v) is 10.8. The van der Waals surface area contributed by atoms with E-state index in [1.54, 1.807) is 12.0 Å². The van der Waals surface area contributed by atoms with Crippen molar-refractivity contribution in [2.75, 3.05) is 13.0 Å². The first-order valence-corrected chi connectivity index (χ1v) is 6.09. The van der Waals surface area contributed by atoms with Crippen molar-refractivity contribution in [2.45, 2.75) is 32.7 Å². The van der Waals surface area contributed by atoms with Crippen LogP contribution in [0.5, 0.6) is 0 Å². The molecule has 17 heavy (non-hydrogen) atoms. The van der Waals surface area contributed by atoms with Crippen LogP contribution in [-0.2, 0) is 29.2 Å². The van der Waals surface area contributed by atoms with Crippen LogP contribution in [0.1, 0.15) is 18.3 Å². The Labute approximate surface area is 105 Å². The molecule has 6 heteroatoms. The SMILES string of the molecule is COCc1cc2n(n1)C[C@@H](C)N(C(=O)CCl)C2. The third-order valence-corrected chi connectivity index (χ3v) is 3.17. The molecule has 1 amide bonds. The fourth-order valence-electron chi connectivity index (χ4n) is 2.11. The molecule has 0 N–H and O–H groups in total. The Kier molecular flexibility index (Phi) is 3.69. The molecule has 1 aliphatic heterocycles. The maximum atomic E-state index is 11.7. The molecule has 1 atom stereocenters. The standard InChI is InChI=1S/C11H16ClN3O2/c1-8-5-15-10(3-9(13-15)7-17-2)6-14(8)11(16)4-12/h3,8H,4-7H2,1-2H3/t8-/m1/s1. The fourth-order valence-corrected chi connectivity index (χ4v) is 2.26. The first-order chi connectivity index (χ1) is 8.15. The number of nitrogens with zero attached hydrogens (tertiary/aromatic N) is 3. The zero-order chi connectivity index (χ0) is 12.4. The van der Waals surface area contributed by atoms with Crippen LogP contribution in [0, 0.1) is 0 Å². The van der Waals surface area contributed by atoms with E-state index in [9.17, 15) is 4.79 Å². The molecule has 2 heterocycles. The Bertz CT molecular complexity index is 419. The van der Waals surface area contributed by atoms with Crippen LogP contribution in [-0.4, -0.2) is 39.6 Å². The lowest BCUT2D eigenvalue weighted by molar-refractivity contribution is -0.132. The number of carbonyl (C=O) groups excluding carboxylic acids is 1. The summed E-state index contributed by atoms with van der Waals surface area (Å²) in [4.78, 5) is 13.5. The summed E-state index contributed by atoms with van der Waals surface area (Å²) in [7, 11) is 1.64. The molecule has 1 aromatic heterocycles. The fraction of sp³-hybridized carbons (Fsp3) is 0.636. The van der Waals surface area contributed by atoms with Gasteiger partial charge in [0.1, 0.15) is 5.88 Å². The van der Waals surface area contributed by atoms with Gasteiger partial charge < -0.3 is 9.64 Å². The Morgan fingerprint density at radius 3 is 3.12 bits per heavy atom. The smallest absolute Gasteiger partial charge is 0.238 e. The van der Waals surface area contributed by atoms with Crippen LogP contribution < -0.4 is 0 Å². The third kappa shape index (κ3) is 2.45. The van der Waals surface area contributed by atoms with Crippen molar-refractivity contribution >= 4 is 17.5 Å². The highest BCUT2D eigenvalue weighted by atomic mass is 35.5. The number of hydrogen-bond acceptors (Lipinski definition) is 3. The van der Waals surface area contributed by atoms with E-state index in [0.717, 1.165) is 11.4 Å². The van der Waals surface area contributed by atoms with Gasteiger partial charge in [-0.25, -0.2) is 0 Å². The van der Waals surface area contributed by atoms with E-state index in [0.29, 0.717) is 19.7 Å². The van der Waals surface area contributed by atoms with Crippen molar-refractivity contribution in [3.8, 4) is 0 Å². The Morgan fingerprint density at radius 1 is 1.71 bits per heavy atom. The monoisotopic (exact) mass is 257 g/mol. The lowest BCUT2D eigenvalue weighted by Crippen LogP contribution is -2.45. The van der Waals surface area contributed by atoms with E-state index < -0.39 is 0 Å². The molecular formula is C11H16ClN3O2. The Balaban J connectivity index is 2.19. The number of fused-ring (bicyclic) bond motifs is 1. The number of halogens is 1. The molecule has 0 fully saturated rings. The van der Waals surface area contributed by atoms with E-state index in [2.05, 4.69) is 5.10 Å².